The van der Waals surface area contributed by atoms with Gasteiger partial charge in [0.05, 0.1) is 0 Å². The minimum absolute atomic E-state index is 1.21. The van der Waals surface area contributed by atoms with Crippen LogP contribution in [0, 0.1) is 0 Å². The van der Waals surface area contributed by atoms with E-state index in [2.05, 4.69) is 37.4 Å². The van der Waals surface area contributed by atoms with Crippen LogP contribution < -0.4 is 0 Å². The van der Waals surface area contributed by atoms with E-state index < -0.39 is 0 Å². The number of hydrogen-bond acceptors (Lipinski definition) is 0. The maximum absolute atomic E-state index is 2.71. The monoisotopic (exact) mass is 212 g/mol. The first-order valence-corrected chi connectivity index (χ1v) is 4.25. The predicted octanol–water partition coefficient (Wildman–Crippen LogP) is 2.79. The van der Waals surface area contributed by atoms with Crippen molar-refractivity contribution in [3.05, 3.63) is 22.9 Å². The third kappa shape index (κ3) is 8.10. The number of hydrogen-bond donors (Lipinski definition) is 0. The Bertz CT molecular complexity index is 92.7. The Labute approximate surface area is 67.7 Å². The van der Waals surface area contributed by atoms with Gasteiger partial charge >= 0.3 is 67.4 Å². The van der Waals surface area contributed by atoms with Crippen LogP contribution in [0.3, 0.4) is 0 Å². The van der Waals surface area contributed by atoms with Gasteiger partial charge in [-0.2, -0.15) is 0 Å². The molecule has 54 valence electrons. The molecule has 0 aliphatic carbocycles. The number of allylic oxidation sites excluding steroid dienone is 3. The fraction of sp³-hybridized carbons (Fsp3) is 0.500. The van der Waals surface area contributed by atoms with Gasteiger partial charge in [-0.25, -0.2) is 0 Å². The van der Waals surface area contributed by atoms with Crippen LogP contribution in [0.2, 0.25) is 0 Å². The molecule has 0 aromatic rings. The topological polar surface area (TPSA) is 0 Å². The normalized spacial score (nSPS) is 11.9. The Hall–Kier alpha value is 0.103. The Kier molecular flexibility index (Phi) is 8.20. The summed E-state index contributed by atoms with van der Waals surface area (Å²) in [5.74, 6) is 0. The Morgan fingerprint density at radius 1 is 1.33 bits per heavy atom. The Morgan fingerprint density at radius 2 is 2.11 bits per heavy atom. The standard InChI is InChI=1S/C8H13.Rh/c1-3-5-7-8-6-4-2;/h1,3,5,7H,4,6,8H2,2H3;. The molecule has 9 heavy (non-hydrogen) atoms. The van der Waals surface area contributed by atoms with Crippen molar-refractivity contribution in [3.63, 3.8) is 0 Å². The van der Waals surface area contributed by atoms with Crippen molar-refractivity contribution in [2.45, 2.75) is 26.2 Å². The molecule has 0 saturated heterocycles. The molecule has 0 radical (unpaired) electrons. The van der Waals surface area contributed by atoms with Gasteiger partial charge in [0.1, 0.15) is 0 Å². The van der Waals surface area contributed by atoms with Gasteiger partial charge < -0.3 is 0 Å². The molecule has 0 fully saturated rings. The van der Waals surface area contributed by atoms with Gasteiger partial charge in [-0.3, -0.25) is 0 Å². The fourth-order valence-electron chi connectivity index (χ4n) is 0.534. The maximum atomic E-state index is 2.71. The average Bonchev–Trinajstić information content (AvgIpc) is 1.89. The van der Waals surface area contributed by atoms with Crippen molar-refractivity contribution in [1.82, 2.24) is 0 Å². The second kappa shape index (κ2) is 8.10. The molecule has 0 rings (SSSR count). The van der Waals surface area contributed by atoms with E-state index in [0.29, 0.717) is 0 Å². The zero-order valence-electron chi connectivity index (χ0n) is 5.76. The first kappa shape index (κ1) is 9.10. The van der Waals surface area contributed by atoms with Crippen LogP contribution in [0.25, 0.3) is 0 Å². The van der Waals surface area contributed by atoms with Crippen molar-refractivity contribution >= 4 is 0 Å². The van der Waals surface area contributed by atoms with Crippen LogP contribution in [-0.2, 0) is 18.3 Å². The van der Waals surface area contributed by atoms with Crippen LogP contribution >= 0.6 is 0 Å². The van der Waals surface area contributed by atoms with Crippen LogP contribution in [0.5, 0.6) is 0 Å². The van der Waals surface area contributed by atoms with Crippen molar-refractivity contribution in [2.24, 2.45) is 0 Å². The van der Waals surface area contributed by atoms with E-state index in [1.165, 1.54) is 19.3 Å². The van der Waals surface area contributed by atoms with Gasteiger partial charge in [0.15, 0.2) is 0 Å². The summed E-state index contributed by atoms with van der Waals surface area (Å²) in [5.41, 5.74) is 0. The zero-order chi connectivity index (χ0) is 6.95. The molecular formula is C8H13Rh. The second-order valence-corrected chi connectivity index (χ2v) is 2.42. The first-order valence-electron chi connectivity index (χ1n) is 3.31. The molecular weight excluding hydrogens is 199 g/mol. The van der Waals surface area contributed by atoms with E-state index in [-0.39, 0.29) is 0 Å². The van der Waals surface area contributed by atoms with Crippen LogP contribution in [0.1, 0.15) is 26.2 Å². The third-order valence-electron chi connectivity index (χ3n) is 1.04. The van der Waals surface area contributed by atoms with E-state index in [9.17, 15) is 0 Å². The van der Waals surface area contributed by atoms with Crippen molar-refractivity contribution in [2.75, 3.05) is 0 Å². The second-order valence-electron chi connectivity index (χ2n) is 1.87. The van der Waals surface area contributed by atoms with E-state index in [4.69, 9.17) is 0 Å². The molecule has 0 bridgehead atoms. The van der Waals surface area contributed by atoms with Gasteiger partial charge in [0.2, 0.25) is 0 Å². The number of unbranched alkanes of at least 4 members (excludes halogenated alkanes) is 2. The molecule has 0 N–H and O–H groups in total. The summed E-state index contributed by atoms with van der Waals surface area (Å²) in [6.07, 6.45) is 10.1. The summed E-state index contributed by atoms with van der Waals surface area (Å²) in [5, 5.41) is 0. The van der Waals surface area contributed by atoms with Crippen molar-refractivity contribution in [3.8, 4) is 0 Å². The van der Waals surface area contributed by atoms with Gasteiger partial charge in [-0.1, -0.05) is 0 Å². The van der Waals surface area contributed by atoms with Gasteiger partial charge in [-0.15, -0.1) is 0 Å². The molecule has 0 aliphatic rings. The minimum atomic E-state index is 1.21. The summed E-state index contributed by atoms with van der Waals surface area (Å²) < 4.78 is 1.93. The molecule has 0 saturated carbocycles. The van der Waals surface area contributed by atoms with E-state index in [1.54, 1.807) is 0 Å². The van der Waals surface area contributed by atoms with E-state index >= 15 is 0 Å². The van der Waals surface area contributed by atoms with E-state index in [1.807, 2.05) is 10.7 Å². The zero-order valence-corrected chi connectivity index (χ0v) is 7.40. The van der Waals surface area contributed by atoms with E-state index in [0.717, 1.165) is 0 Å². The molecule has 1 heteroatoms. The molecule has 0 amide bonds. The summed E-state index contributed by atoms with van der Waals surface area (Å²) in [6.45, 7) is 2.21. The third-order valence-corrected chi connectivity index (χ3v) is 1.35. The average molecular weight is 212 g/mol. The van der Waals surface area contributed by atoms with Crippen LogP contribution in [-0.4, -0.2) is 0 Å². The molecule has 0 unspecified atom stereocenters. The Morgan fingerprint density at radius 3 is 2.67 bits per heavy atom. The SMILES string of the molecule is CCCCC=CC=[CH][Rh]. The van der Waals surface area contributed by atoms with Gasteiger partial charge in [0.25, 0.3) is 0 Å². The van der Waals surface area contributed by atoms with Gasteiger partial charge in [0, 0.05) is 0 Å². The summed E-state index contributed by atoms with van der Waals surface area (Å²) in [7, 11) is 0. The Balaban J connectivity index is 3.04. The van der Waals surface area contributed by atoms with Crippen molar-refractivity contribution < 1.29 is 18.3 Å². The van der Waals surface area contributed by atoms with Crippen LogP contribution in [0.4, 0.5) is 0 Å². The molecule has 0 nitrogen and oxygen atoms in total. The predicted molar refractivity (Wildman–Crippen MR) is 37.8 cm³/mol. The first-order chi connectivity index (χ1) is 4.41. The molecule has 0 aromatic carbocycles. The molecule has 0 aliphatic heterocycles. The summed E-state index contributed by atoms with van der Waals surface area (Å²) in [4.78, 5) is 0. The fourth-order valence-corrected chi connectivity index (χ4v) is 0.716. The molecule has 0 aromatic heterocycles. The molecule has 0 atom stereocenters. The quantitative estimate of drug-likeness (QED) is 0.382. The number of rotatable bonds is 4. The summed E-state index contributed by atoms with van der Waals surface area (Å²) >= 11 is 2.71. The molecule has 0 heterocycles. The van der Waals surface area contributed by atoms with Gasteiger partial charge in [-0.05, 0) is 0 Å². The van der Waals surface area contributed by atoms with Crippen LogP contribution in [0.15, 0.2) is 22.9 Å². The summed E-state index contributed by atoms with van der Waals surface area (Å²) in [6, 6.07) is 0. The van der Waals surface area contributed by atoms with Crippen molar-refractivity contribution in [1.29, 1.82) is 0 Å². The molecule has 0 spiro atoms.